The topological polar surface area (TPSA) is 149 Å². The van der Waals surface area contributed by atoms with Gasteiger partial charge in [0.25, 0.3) is 0 Å². The molecule has 1 aliphatic rings. The summed E-state index contributed by atoms with van der Waals surface area (Å²) >= 11 is 0. The van der Waals surface area contributed by atoms with Crippen LogP contribution in [0.15, 0.2) is 12.2 Å². The third-order valence-corrected chi connectivity index (χ3v) is 8.37. The van der Waals surface area contributed by atoms with Gasteiger partial charge in [0.15, 0.2) is 6.29 Å². The van der Waals surface area contributed by atoms with Crippen LogP contribution >= 0.6 is 0 Å². The molecule has 1 saturated heterocycles. The zero-order valence-electron chi connectivity index (χ0n) is 27.2. The minimum absolute atomic E-state index is 0.143. The minimum atomic E-state index is -1.55. The molecular formula is C34H65NO8. The maximum absolute atomic E-state index is 12.7. The average Bonchev–Trinajstić information content (AvgIpc) is 3.00. The van der Waals surface area contributed by atoms with Crippen LogP contribution in [0.3, 0.4) is 0 Å². The summed E-state index contributed by atoms with van der Waals surface area (Å²) in [7, 11) is 0. The van der Waals surface area contributed by atoms with Crippen molar-refractivity contribution in [1.82, 2.24) is 5.32 Å². The van der Waals surface area contributed by atoms with Crippen molar-refractivity contribution < 1.29 is 39.8 Å². The van der Waals surface area contributed by atoms with Crippen molar-refractivity contribution in [2.24, 2.45) is 0 Å². The number of allylic oxidation sites excluding steroid dienone is 2. The maximum Gasteiger partial charge on any atom is 0.220 e. The van der Waals surface area contributed by atoms with Crippen molar-refractivity contribution in [2.45, 2.75) is 185 Å². The molecule has 9 nitrogen and oxygen atoms in total. The van der Waals surface area contributed by atoms with Crippen LogP contribution in [-0.4, -0.2) is 87.5 Å². The molecule has 0 aromatic carbocycles. The summed E-state index contributed by atoms with van der Waals surface area (Å²) in [5.74, 6) is -0.162. The summed E-state index contributed by atoms with van der Waals surface area (Å²) < 4.78 is 11.0. The monoisotopic (exact) mass is 615 g/mol. The van der Waals surface area contributed by atoms with Crippen LogP contribution in [0.25, 0.3) is 0 Å². The summed E-state index contributed by atoms with van der Waals surface area (Å²) in [6.45, 7) is 3.63. The summed E-state index contributed by atoms with van der Waals surface area (Å²) in [5, 5.41) is 53.3. The summed E-state index contributed by atoms with van der Waals surface area (Å²) in [5.41, 5.74) is 0. The van der Waals surface area contributed by atoms with Crippen LogP contribution in [-0.2, 0) is 14.3 Å². The molecule has 0 saturated carbocycles. The Morgan fingerprint density at radius 3 is 1.88 bits per heavy atom. The van der Waals surface area contributed by atoms with Gasteiger partial charge in [0, 0.05) is 6.42 Å². The van der Waals surface area contributed by atoms with E-state index < -0.39 is 49.5 Å². The molecule has 7 unspecified atom stereocenters. The SMILES string of the molecule is CCCCCCCC/C=C\CCCCCCCCCC(=O)NC(COC1OC(CO)C(O)C(O)C1O)C(O)CCCCC. The minimum Gasteiger partial charge on any atom is -0.394 e. The van der Waals surface area contributed by atoms with Gasteiger partial charge < -0.3 is 40.3 Å². The molecule has 1 aliphatic heterocycles. The summed E-state index contributed by atoms with van der Waals surface area (Å²) in [6.07, 6.45) is 18.7. The number of nitrogens with one attached hydrogen (secondary N) is 1. The fraction of sp³-hybridized carbons (Fsp3) is 0.912. The first-order valence-corrected chi connectivity index (χ1v) is 17.4. The van der Waals surface area contributed by atoms with E-state index in [1.807, 2.05) is 0 Å². The van der Waals surface area contributed by atoms with Crippen molar-refractivity contribution in [3.05, 3.63) is 12.2 Å². The Hall–Kier alpha value is -1.07. The number of carbonyl (C=O) groups excluding carboxylic acids is 1. The zero-order chi connectivity index (χ0) is 31.7. The standard InChI is InChI=1S/C34H65NO8/c1-3-5-7-8-9-10-11-12-13-14-15-16-17-18-19-20-22-24-30(38)35-27(28(37)23-21-6-4-2)26-42-34-33(41)32(40)31(39)29(25-36)43-34/h12-13,27-29,31-34,36-37,39-41H,3-11,14-26H2,1-2H3,(H,35,38)/b13-12-. The number of hydrogen-bond donors (Lipinski definition) is 6. The predicted octanol–water partition coefficient (Wildman–Crippen LogP) is 5.05. The first-order chi connectivity index (χ1) is 20.8. The lowest BCUT2D eigenvalue weighted by Crippen LogP contribution is -2.60. The number of unbranched alkanes of at least 4 members (excludes halogenated alkanes) is 15. The Labute approximate surface area is 261 Å². The van der Waals surface area contributed by atoms with Crippen LogP contribution < -0.4 is 5.32 Å². The molecule has 1 rings (SSSR count). The first-order valence-electron chi connectivity index (χ1n) is 17.4. The van der Waals surface area contributed by atoms with E-state index in [-0.39, 0.29) is 12.5 Å². The number of aliphatic hydroxyl groups is 5. The fourth-order valence-corrected chi connectivity index (χ4v) is 5.45. The molecule has 6 N–H and O–H groups in total. The third kappa shape index (κ3) is 18.5. The van der Waals surface area contributed by atoms with Gasteiger partial charge >= 0.3 is 0 Å². The molecule has 1 amide bonds. The van der Waals surface area contributed by atoms with Gasteiger partial charge in [-0.05, 0) is 38.5 Å². The fourth-order valence-electron chi connectivity index (χ4n) is 5.45. The van der Waals surface area contributed by atoms with Crippen LogP contribution in [0.2, 0.25) is 0 Å². The van der Waals surface area contributed by atoms with Gasteiger partial charge in [0.1, 0.15) is 24.4 Å². The van der Waals surface area contributed by atoms with Gasteiger partial charge in [-0.2, -0.15) is 0 Å². The smallest absolute Gasteiger partial charge is 0.220 e. The first kappa shape index (κ1) is 40.0. The Kier molecular flexibility index (Phi) is 24.3. The zero-order valence-corrected chi connectivity index (χ0v) is 27.2. The molecule has 43 heavy (non-hydrogen) atoms. The molecule has 0 aromatic rings. The second-order valence-electron chi connectivity index (χ2n) is 12.3. The number of hydrogen-bond acceptors (Lipinski definition) is 8. The lowest BCUT2D eigenvalue weighted by molar-refractivity contribution is -0.302. The highest BCUT2D eigenvalue weighted by Crippen LogP contribution is 2.22. The molecule has 0 aliphatic carbocycles. The molecule has 0 spiro atoms. The van der Waals surface area contributed by atoms with Crippen molar-refractivity contribution in [3.8, 4) is 0 Å². The molecule has 0 radical (unpaired) electrons. The lowest BCUT2D eigenvalue weighted by atomic mass is 9.99. The lowest BCUT2D eigenvalue weighted by Gasteiger charge is -2.40. The van der Waals surface area contributed by atoms with E-state index in [1.54, 1.807) is 0 Å². The number of amides is 1. The quantitative estimate of drug-likeness (QED) is 0.0556. The second-order valence-corrected chi connectivity index (χ2v) is 12.3. The molecule has 254 valence electrons. The van der Waals surface area contributed by atoms with Gasteiger partial charge in [-0.1, -0.05) is 109 Å². The maximum atomic E-state index is 12.7. The predicted molar refractivity (Wildman–Crippen MR) is 170 cm³/mol. The highest BCUT2D eigenvalue weighted by atomic mass is 16.7. The van der Waals surface area contributed by atoms with E-state index in [1.165, 1.54) is 77.0 Å². The van der Waals surface area contributed by atoms with Gasteiger partial charge in [0.2, 0.25) is 5.91 Å². The van der Waals surface area contributed by atoms with Crippen molar-refractivity contribution in [1.29, 1.82) is 0 Å². The van der Waals surface area contributed by atoms with Crippen LogP contribution in [0.5, 0.6) is 0 Å². The highest BCUT2D eigenvalue weighted by molar-refractivity contribution is 5.76. The Morgan fingerprint density at radius 1 is 0.767 bits per heavy atom. The van der Waals surface area contributed by atoms with Gasteiger partial charge in [-0.25, -0.2) is 0 Å². The summed E-state index contributed by atoms with van der Waals surface area (Å²) in [6, 6.07) is -0.712. The highest BCUT2D eigenvalue weighted by Gasteiger charge is 2.44. The van der Waals surface area contributed by atoms with E-state index in [0.29, 0.717) is 12.8 Å². The Morgan fingerprint density at radius 2 is 1.30 bits per heavy atom. The molecule has 1 fully saturated rings. The summed E-state index contributed by atoms with van der Waals surface area (Å²) in [4.78, 5) is 12.7. The largest absolute Gasteiger partial charge is 0.394 e. The number of ether oxygens (including phenoxy) is 2. The van der Waals surface area contributed by atoms with Crippen molar-refractivity contribution in [3.63, 3.8) is 0 Å². The molecule has 1 heterocycles. The van der Waals surface area contributed by atoms with Gasteiger partial charge in [-0.3, -0.25) is 4.79 Å². The van der Waals surface area contributed by atoms with E-state index in [0.717, 1.165) is 38.5 Å². The number of carbonyl (C=O) groups is 1. The Balaban J connectivity index is 2.26. The third-order valence-electron chi connectivity index (χ3n) is 8.37. The Bertz CT molecular complexity index is 691. The number of rotatable bonds is 27. The van der Waals surface area contributed by atoms with Gasteiger partial charge in [-0.15, -0.1) is 0 Å². The van der Waals surface area contributed by atoms with Crippen LogP contribution in [0, 0.1) is 0 Å². The second kappa shape index (κ2) is 26.2. The molecule has 7 atom stereocenters. The molecule has 0 bridgehead atoms. The van der Waals surface area contributed by atoms with E-state index >= 15 is 0 Å². The van der Waals surface area contributed by atoms with Crippen molar-refractivity contribution >= 4 is 5.91 Å². The van der Waals surface area contributed by atoms with Crippen LogP contribution in [0.4, 0.5) is 0 Å². The molecular weight excluding hydrogens is 550 g/mol. The average molecular weight is 616 g/mol. The van der Waals surface area contributed by atoms with E-state index in [2.05, 4.69) is 31.3 Å². The molecule has 0 aromatic heterocycles. The molecule has 9 heteroatoms. The van der Waals surface area contributed by atoms with Gasteiger partial charge in [0.05, 0.1) is 25.4 Å². The normalized spacial score (nSPS) is 23.9. The number of aliphatic hydroxyl groups excluding tert-OH is 5. The van der Waals surface area contributed by atoms with E-state index in [4.69, 9.17) is 9.47 Å². The van der Waals surface area contributed by atoms with Crippen LogP contribution in [0.1, 0.15) is 142 Å². The van der Waals surface area contributed by atoms with E-state index in [9.17, 15) is 30.3 Å². The van der Waals surface area contributed by atoms with Crippen molar-refractivity contribution in [2.75, 3.05) is 13.2 Å².